The fourth-order valence-electron chi connectivity index (χ4n) is 2.89. The number of hydrogen-bond acceptors (Lipinski definition) is 7. The van der Waals surface area contributed by atoms with Gasteiger partial charge >= 0.3 is 5.97 Å². The molecule has 0 aliphatic carbocycles. The number of esters is 1. The van der Waals surface area contributed by atoms with Crippen LogP contribution in [-0.2, 0) is 9.53 Å². The first-order valence-corrected chi connectivity index (χ1v) is 7.93. The third kappa shape index (κ3) is 3.47. The van der Waals surface area contributed by atoms with Crippen LogP contribution in [-0.4, -0.2) is 32.5 Å². The van der Waals surface area contributed by atoms with Crippen LogP contribution in [0, 0.1) is 10.1 Å². The molecular weight excluding hydrogens is 354 g/mol. The smallest absolute Gasteiger partial charge is 0.306 e. The minimum absolute atomic E-state index is 0.135. The van der Waals surface area contributed by atoms with Crippen molar-refractivity contribution in [2.24, 2.45) is 0 Å². The van der Waals surface area contributed by atoms with Gasteiger partial charge < -0.3 is 9.84 Å². The molecule has 0 radical (unpaired) electrons. The van der Waals surface area contributed by atoms with E-state index in [-0.39, 0.29) is 23.3 Å². The first kappa shape index (κ1) is 18.1. The van der Waals surface area contributed by atoms with Crippen LogP contribution in [0.1, 0.15) is 23.5 Å². The minimum Gasteiger partial charge on any atom is -0.493 e. The molecule has 2 aromatic heterocycles. The Morgan fingerprint density at radius 1 is 1.33 bits per heavy atom. The van der Waals surface area contributed by atoms with Gasteiger partial charge in [-0.05, 0) is 17.7 Å². The summed E-state index contributed by atoms with van der Waals surface area (Å²) >= 11 is 0. The van der Waals surface area contributed by atoms with Crippen molar-refractivity contribution in [1.82, 2.24) is 9.38 Å². The molecule has 0 amide bonds. The number of pyridine rings is 1. The summed E-state index contributed by atoms with van der Waals surface area (Å²) in [6.07, 6.45) is 1.19. The molecule has 3 rings (SSSR count). The quantitative estimate of drug-likeness (QED) is 0.414. The lowest BCUT2D eigenvalue weighted by Gasteiger charge is -2.17. The second kappa shape index (κ2) is 7.24. The number of hydrogen-bond donors (Lipinski definition) is 1. The second-order valence-corrected chi connectivity index (χ2v) is 5.77. The van der Waals surface area contributed by atoms with Crippen LogP contribution < -0.4 is 5.56 Å². The van der Waals surface area contributed by atoms with Crippen LogP contribution in [0.25, 0.3) is 5.65 Å². The van der Waals surface area contributed by atoms with Gasteiger partial charge in [0.15, 0.2) is 0 Å². The van der Waals surface area contributed by atoms with Gasteiger partial charge in [-0.2, -0.15) is 4.98 Å². The zero-order valence-corrected chi connectivity index (χ0v) is 14.2. The van der Waals surface area contributed by atoms with Gasteiger partial charge in [-0.1, -0.05) is 18.2 Å². The highest BCUT2D eigenvalue weighted by Gasteiger charge is 2.27. The van der Waals surface area contributed by atoms with Crippen molar-refractivity contribution in [3.63, 3.8) is 0 Å². The molecule has 0 aliphatic rings. The molecule has 138 valence electrons. The Morgan fingerprint density at radius 2 is 2.11 bits per heavy atom. The summed E-state index contributed by atoms with van der Waals surface area (Å²) in [5.74, 6) is -2.13. The summed E-state index contributed by atoms with van der Waals surface area (Å²) in [5, 5.41) is 21.5. The molecule has 0 fully saturated rings. The van der Waals surface area contributed by atoms with Gasteiger partial charge in [0, 0.05) is 24.2 Å². The van der Waals surface area contributed by atoms with E-state index in [1.165, 1.54) is 35.9 Å². The number of nitro groups is 1. The maximum atomic E-state index is 12.9. The van der Waals surface area contributed by atoms with Gasteiger partial charge in [-0.25, -0.2) is 0 Å². The molecule has 0 unspecified atom stereocenters. The molecule has 27 heavy (non-hydrogen) atoms. The van der Waals surface area contributed by atoms with Crippen molar-refractivity contribution in [2.45, 2.75) is 12.3 Å². The van der Waals surface area contributed by atoms with E-state index in [4.69, 9.17) is 0 Å². The van der Waals surface area contributed by atoms with Crippen LogP contribution in [0.15, 0.2) is 53.5 Å². The number of nitro benzene ring substituents is 1. The van der Waals surface area contributed by atoms with E-state index in [1.807, 2.05) is 0 Å². The average molecular weight is 369 g/mol. The number of carbonyl (C=O) groups excluding carboxylic acids is 1. The van der Waals surface area contributed by atoms with Crippen LogP contribution in [0.2, 0.25) is 0 Å². The Labute approximate surface area is 152 Å². The predicted molar refractivity (Wildman–Crippen MR) is 94.7 cm³/mol. The molecule has 0 bridgehead atoms. The predicted octanol–water partition coefficient (Wildman–Crippen LogP) is 2.00. The zero-order valence-electron chi connectivity index (χ0n) is 14.2. The zero-order chi connectivity index (χ0) is 19.6. The monoisotopic (exact) mass is 369 g/mol. The lowest BCUT2D eigenvalue weighted by Crippen LogP contribution is -2.24. The van der Waals surface area contributed by atoms with Gasteiger partial charge in [-0.3, -0.25) is 24.1 Å². The SMILES string of the molecule is COC(=O)C[C@H](c1cccc([N+](=O)[O-])c1)c1c(O)nc2ccccn2c1=O. The number of aromatic nitrogens is 2. The van der Waals surface area contributed by atoms with Crippen molar-refractivity contribution in [3.8, 4) is 5.88 Å². The molecule has 1 N–H and O–H groups in total. The van der Waals surface area contributed by atoms with Crippen molar-refractivity contribution in [3.05, 3.63) is 80.3 Å². The van der Waals surface area contributed by atoms with Gasteiger partial charge in [0.25, 0.3) is 11.2 Å². The summed E-state index contributed by atoms with van der Waals surface area (Å²) < 4.78 is 5.92. The van der Waals surface area contributed by atoms with Crippen LogP contribution in [0.4, 0.5) is 5.69 Å². The normalized spacial score (nSPS) is 11.9. The topological polar surface area (TPSA) is 124 Å². The molecule has 0 aliphatic heterocycles. The molecule has 0 saturated heterocycles. The van der Waals surface area contributed by atoms with E-state index in [1.54, 1.807) is 24.3 Å². The third-order valence-electron chi connectivity index (χ3n) is 4.18. The van der Waals surface area contributed by atoms with Gasteiger partial charge in [0.1, 0.15) is 5.65 Å². The summed E-state index contributed by atoms with van der Waals surface area (Å²) in [6, 6.07) is 10.4. The lowest BCUT2D eigenvalue weighted by molar-refractivity contribution is -0.384. The molecule has 9 nitrogen and oxygen atoms in total. The first-order chi connectivity index (χ1) is 12.9. The molecule has 1 atom stereocenters. The molecule has 0 spiro atoms. The number of carbonyl (C=O) groups is 1. The fourth-order valence-corrected chi connectivity index (χ4v) is 2.89. The van der Waals surface area contributed by atoms with Crippen LogP contribution >= 0.6 is 0 Å². The van der Waals surface area contributed by atoms with Crippen LogP contribution in [0.3, 0.4) is 0 Å². The Balaban J connectivity index is 2.24. The standard InChI is InChI=1S/C18H15N3O6/c1-27-15(22)10-13(11-5-4-6-12(9-11)21(25)26)16-17(23)19-14-7-2-3-8-20(14)18(16)24/h2-9,13,23H,10H2,1H3/t13-/m1/s1. The molecule has 9 heteroatoms. The van der Waals surface area contributed by atoms with Crippen molar-refractivity contribution in [1.29, 1.82) is 0 Å². The molecule has 1 aromatic carbocycles. The summed E-state index contributed by atoms with van der Waals surface area (Å²) in [4.78, 5) is 39.3. The van der Waals surface area contributed by atoms with E-state index < -0.39 is 28.2 Å². The summed E-state index contributed by atoms with van der Waals surface area (Å²) in [7, 11) is 1.19. The summed E-state index contributed by atoms with van der Waals surface area (Å²) in [5.41, 5.74) is -0.349. The highest BCUT2D eigenvalue weighted by atomic mass is 16.6. The summed E-state index contributed by atoms with van der Waals surface area (Å²) in [6.45, 7) is 0. The number of aromatic hydroxyl groups is 1. The first-order valence-electron chi connectivity index (χ1n) is 7.93. The van der Waals surface area contributed by atoms with E-state index >= 15 is 0 Å². The van der Waals surface area contributed by atoms with E-state index in [9.17, 15) is 24.8 Å². The second-order valence-electron chi connectivity index (χ2n) is 5.77. The number of rotatable bonds is 5. The molecule has 3 aromatic rings. The van der Waals surface area contributed by atoms with Gasteiger partial charge in [-0.15, -0.1) is 0 Å². The Bertz CT molecular complexity index is 1090. The molecular formula is C18H15N3O6. The Kier molecular flexibility index (Phi) is 4.84. The number of methoxy groups -OCH3 is 1. The highest BCUT2D eigenvalue weighted by molar-refractivity contribution is 5.71. The van der Waals surface area contributed by atoms with Gasteiger partial charge in [0.2, 0.25) is 5.88 Å². The van der Waals surface area contributed by atoms with Crippen LogP contribution in [0.5, 0.6) is 5.88 Å². The number of nitrogens with zero attached hydrogens (tertiary/aromatic N) is 3. The number of non-ortho nitro benzene ring substituents is 1. The van der Waals surface area contributed by atoms with Gasteiger partial charge in [0.05, 0.1) is 24.0 Å². The lowest BCUT2D eigenvalue weighted by atomic mass is 9.89. The van der Waals surface area contributed by atoms with E-state index in [0.29, 0.717) is 5.56 Å². The Hall–Kier alpha value is -3.75. The third-order valence-corrected chi connectivity index (χ3v) is 4.18. The maximum absolute atomic E-state index is 12.9. The maximum Gasteiger partial charge on any atom is 0.306 e. The highest BCUT2D eigenvalue weighted by Crippen LogP contribution is 2.32. The number of ether oxygens (including phenoxy) is 1. The van der Waals surface area contributed by atoms with E-state index in [0.717, 1.165) is 0 Å². The number of benzene rings is 1. The largest absolute Gasteiger partial charge is 0.493 e. The van der Waals surface area contributed by atoms with Crippen molar-refractivity contribution < 1.29 is 19.6 Å². The number of fused-ring (bicyclic) bond motifs is 1. The van der Waals surface area contributed by atoms with Crippen molar-refractivity contribution in [2.75, 3.05) is 7.11 Å². The Morgan fingerprint density at radius 3 is 2.81 bits per heavy atom. The average Bonchev–Trinajstić information content (AvgIpc) is 2.67. The molecule has 2 heterocycles. The molecule has 0 saturated carbocycles. The minimum atomic E-state index is -0.963. The van der Waals surface area contributed by atoms with Crippen molar-refractivity contribution >= 4 is 17.3 Å². The van der Waals surface area contributed by atoms with E-state index in [2.05, 4.69) is 9.72 Å². The fraction of sp³-hybridized carbons (Fsp3) is 0.167.